The first-order valence-electron chi connectivity index (χ1n) is 4.92. The molecule has 0 saturated heterocycles. The lowest BCUT2D eigenvalue weighted by atomic mass is 9.98. The summed E-state index contributed by atoms with van der Waals surface area (Å²) >= 11 is 0. The van der Waals surface area contributed by atoms with Crippen LogP contribution in [0.5, 0.6) is 0 Å². The monoisotopic (exact) mass is 180 g/mol. The zero-order valence-electron chi connectivity index (χ0n) is 7.87. The molecule has 0 aromatic heterocycles. The highest BCUT2D eigenvalue weighted by Crippen LogP contribution is 2.14. The minimum absolute atomic E-state index is 0.230. The molecule has 0 spiro atoms. The van der Waals surface area contributed by atoms with Crippen LogP contribution in [0.1, 0.15) is 32.1 Å². The minimum atomic E-state index is 0.230. The van der Waals surface area contributed by atoms with Crippen LogP contribution in [0.4, 0.5) is 0 Å². The number of nitriles is 1. The maximum Gasteiger partial charge on any atom is 0.0655 e. The van der Waals surface area contributed by atoms with Crippen LogP contribution < -0.4 is 5.43 Å². The molecule has 1 aliphatic heterocycles. The van der Waals surface area contributed by atoms with E-state index in [1.165, 1.54) is 0 Å². The van der Waals surface area contributed by atoms with Gasteiger partial charge in [-0.05, 0) is 25.7 Å². The van der Waals surface area contributed by atoms with Crippen molar-refractivity contribution in [2.45, 2.75) is 32.1 Å². The SMILES string of the molecule is N#CC1CCCCNN=NCCC1. The van der Waals surface area contributed by atoms with Crippen LogP contribution in [0.2, 0.25) is 0 Å². The van der Waals surface area contributed by atoms with Crippen molar-refractivity contribution in [2.75, 3.05) is 13.1 Å². The van der Waals surface area contributed by atoms with E-state index in [2.05, 4.69) is 21.8 Å². The Morgan fingerprint density at radius 3 is 2.92 bits per heavy atom. The fraction of sp³-hybridized carbons (Fsp3) is 0.889. The van der Waals surface area contributed by atoms with Gasteiger partial charge in [-0.15, -0.1) is 0 Å². The van der Waals surface area contributed by atoms with E-state index in [9.17, 15) is 0 Å². The van der Waals surface area contributed by atoms with Crippen LogP contribution in [-0.2, 0) is 0 Å². The van der Waals surface area contributed by atoms with E-state index in [1.807, 2.05) is 0 Å². The normalized spacial score (nSPS) is 25.3. The Balaban J connectivity index is 2.31. The van der Waals surface area contributed by atoms with Gasteiger partial charge in [0.1, 0.15) is 0 Å². The van der Waals surface area contributed by atoms with Gasteiger partial charge in [0.25, 0.3) is 0 Å². The van der Waals surface area contributed by atoms with E-state index in [1.54, 1.807) is 0 Å². The van der Waals surface area contributed by atoms with Crippen molar-refractivity contribution in [1.29, 1.82) is 5.26 Å². The van der Waals surface area contributed by atoms with Gasteiger partial charge in [0, 0.05) is 12.5 Å². The predicted octanol–water partition coefficient (Wildman–Crippen LogP) is 2.05. The molecule has 0 aromatic rings. The molecule has 0 fully saturated rings. The fourth-order valence-corrected chi connectivity index (χ4v) is 1.43. The average Bonchev–Trinajstić information content (AvgIpc) is 2.22. The van der Waals surface area contributed by atoms with Crippen LogP contribution in [-0.4, -0.2) is 13.1 Å². The number of nitrogens with zero attached hydrogens (tertiary/aromatic N) is 3. The molecule has 0 amide bonds. The molecule has 1 heterocycles. The highest BCUT2D eigenvalue weighted by atomic mass is 15.4. The van der Waals surface area contributed by atoms with Crippen molar-refractivity contribution in [3.05, 3.63) is 0 Å². The Hall–Kier alpha value is -1.11. The second-order valence-corrected chi connectivity index (χ2v) is 3.34. The lowest BCUT2D eigenvalue weighted by Crippen LogP contribution is -2.06. The molecule has 0 aliphatic carbocycles. The lowest BCUT2D eigenvalue weighted by Gasteiger charge is -2.05. The van der Waals surface area contributed by atoms with Crippen molar-refractivity contribution in [3.63, 3.8) is 0 Å². The smallest absolute Gasteiger partial charge is 0.0655 e. The zero-order chi connectivity index (χ0) is 9.36. The maximum atomic E-state index is 8.82. The van der Waals surface area contributed by atoms with Crippen LogP contribution in [0.25, 0.3) is 0 Å². The average molecular weight is 180 g/mol. The standard InChI is InChI=1S/C9H16N4/c10-8-9-4-1-2-6-11-13-12-7-3-5-9/h9H,1-7H2,(H,11,12). The van der Waals surface area contributed by atoms with E-state index >= 15 is 0 Å². The van der Waals surface area contributed by atoms with E-state index < -0.39 is 0 Å². The van der Waals surface area contributed by atoms with E-state index in [0.29, 0.717) is 0 Å². The Morgan fingerprint density at radius 2 is 2.08 bits per heavy atom. The molecule has 1 atom stereocenters. The molecule has 1 rings (SSSR count). The molecule has 4 heteroatoms. The van der Waals surface area contributed by atoms with Gasteiger partial charge in [-0.25, -0.2) is 0 Å². The summed E-state index contributed by atoms with van der Waals surface area (Å²) in [6.45, 7) is 1.62. The Morgan fingerprint density at radius 1 is 1.23 bits per heavy atom. The van der Waals surface area contributed by atoms with E-state index in [0.717, 1.165) is 45.2 Å². The van der Waals surface area contributed by atoms with Crippen molar-refractivity contribution < 1.29 is 0 Å². The van der Waals surface area contributed by atoms with Gasteiger partial charge in [-0.3, -0.25) is 5.43 Å². The second-order valence-electron chi connectivity index (χ2n) is 3.34. The summed E-state index contributed by atoms with van der Waals surface area (Å²) in [5.41, 5.74) is 2.89. The first-order valence-corrected chi connectivity index (χ1v) is 4.92. The lowest BCUT2D eigenvalue weighted by molar-refractivity contribution is 0.508. The highest BCUT2D eigenvalue weighted by molar-refractivity contribution is 4.82. The molecule has 72 valence electrons. The number of nitrogens with one attached hydrogen (secondary N) is 1. The second kappa shape index (κ2) is 6.41. The zero-order valence-corrected chi connectivity index (χ0v) is 7.87. The van der Waals surface area contributed by atoms with Gasteiger partial charge in [-0.2, -0.15) is 10.4 Å². The summed E-state index contributed by atoms with van der Waals surface area (Å²) in [5, 5.41) is 16.6. The van der Waals surface area contributed by atoms with Gasteiger partial charge >= 0.3 is 0 Å². The van der Waals surface area contributed by atoms with Crippen molar-refractivity contribution >= 4 is 0 Å². The third-order valence-corrected chi connectivity index (χ3v) is 2.23. The molecule has 0 saturated carbocycles. The molecule has 13 heavy (non-hydrogen) atoms. The molecule has 0 bridgehead atoms. The Labute approximate surface area is 79.0 Å². The van der Waals surface area contributed by atoms with Gasteiger partial charge < -0.3 is 0 Å². The molecular weight excluding hydrogens is 164 g/mol. The van der Waals surface area contributed by atoms with Gasteiger partial charge in [0.15, 0.2) is 0 Å². The van der Waals surface area contributed by atoms with E-state index in [4.69, 9.17) is 5.26 Å². The van der Waals surface area contributed by atoms with Gasteiger partial charge in [-0.1, -0.05) is 11.6 Å². The largest absolute Gasteiger partial charge is 0.292 e. The number of rotatable bonds is 0. The molecule has 1 aliphatic rings. The third-order valence-electron chi connectivity index (χ3n) is 2.23. The first-order chi connectivity index (χ1) is 6.43. The summed E-state index contributed by atoms with van der Waals surface area (Å²) in [6, 6.07) is 2.35. The van der Waals surface area contributed by atoms with Crippen molar-refractivity contribution in [1.82, 2.24) is 5.43 Å². The van der Waals surface area contributed by atoms with E-state index in [-0.39, 0.29) is 5.92 Å². The summed E-state index contributed by atoms with van der Waals surface area (Å²) in [7, 11) is 0. The third kappa shape index (κ3) is 4.46. The fourth-order valence-electron chi connectivity index (χ4n) is 1.43. The van der Waals surface area contributed by atoms with Crippen molar-refractivity contribution in [3.8, 4) is 6.07 Å². The summed E-state index contributed by atoms with van der Waals surface area (Å²) < 4.78 is 0. The first kappa shape index (κ1) is 9.97. The quantitative estimate of drug-likeness (QED) is 0.620. The summed E-state index contributed by atoms with van der Waals surface area (Å²) in [5.74, 6) is 0.230. The minimum Gasteiger partial charge on any atom is -0.292 e. The predicted molar refractivity (Wildman–Crippen MR) is 49.9 cm³/mol. The highest BCUT2D eigenvalue weighted by Gasteiger charge is 2.06. The Bertz CT molecular complexity index is 194. The molecule has 1 N–H and O–H groups in total. The summed E-state index contributed by atoms with van der Waals surface area (Å²) in [4.78, 5) is 0. The van der Waals surface area contributed by atoms with Crippen molar-refractivity contribution in [2.24, 2.45) is 16.3 Å². The molecule has 0 aromatic carbocycles. The Kier molecular flexibility index (Phi) is 4.92. The van der Waals surface area contributed by atoms with Gasteiger partial charge in [0.2, 0.25) is 0 Å². The number of hydrogen-bond donors (Lipinski definition) is 1. The van der Waals surface area contributed by atoms with Crippen LogP contribution in [0.15, 0.2) is 10.3 Å². The van der Waals surface area contributed by atoms with Crippen LogP contribution in [0, 0.1) is 17.2 Å². The number of hydrogen-bond acceptors (Lipinski definition) is 4. The molecular formula is C9H16N4. The summed E-state index contributed by atoms with van der Waals surface area (Å²) in [6.07, 6.45) is 5.16. The maximum absolute atomic E-state index is 8.82. The molecule has 1 unspecified atom stereocenters. The van der Waals surface area contributed by atoms with Gasteiger partial charge in [0.05, 0.1) is 12.6 Å². The van der Waals surface area contributed by atoms with Crippen LogP contribution in [0.3, 0.4) is 0 Å². The molecule has 4 nitrogen and oxygen atoms in total. The topological polar surface area (TPSA) is 60.5 Å². The molecule has 0 radical (unpaired) electrons. The van der Waals surface area contributed by atoms with Crippen LogP contribution >= 0.6 is 0 Å².